The molecule has 1 aliphatic heterocycles. The molecule has 0 saturated heterocycles. The van der Waals surface area contributed by atoms with Crippen LogP contribution >= 0.6 is 23.6 Å². The first-order valence-corrected chi connectivity index (χ1v) is 13.3. The van der Waals surface area contributed by atoms with Crippen LogP contribution in [0.4, 0.5) is 50.9 Å². The summed E-state index contributed by atoms with van der Waals surface area (Å²) in [6.45, 7) is -0.0175. The molecule has 1 aliphatic rings. The highest BCUT2D eigenvalue weighted by Crippen LogP contribution is 2.48. The van der Waals surface area contributed by atoms with Crippen LogP contribution in [-0.4, -0.2) is 23.8 Å². The molecule has 1 aromatic heterocycles. The van der Waals surface area contributed by atoms with Crippen LogP contribution in [0.3, 0.4) is 0 Å². The van der Waals surface area contributed by atoms with Gasteiger partial charge in [0.2, 0.25) is 0 Å². The number of imidazole rings is 1. The zero-order valence-corrected chi connectivity index (χ0v) is 23.8. The van der Waals surface area contributed by atoms with E-state index in [1.807, 2.05) is 0 Å². The Morgan fingerprint density at radius 1 is 1.00 bits per heavy atom. The van der Waals surface area contributed by atoms with Crippen molar-refractivity contribution in [3.8, 4) is 11.3 Å². The Kier molecular flexibility index (Phi) is 9.43. The zero-order chi connectivity index (χ0) is 32.6. The first kappa shape index (κ1) is 33.3. The van der Waals surface area contributed by atoms with Crippen molar-refractivity contribution >= 4 is 52.1 Å². The molecule has 0 N–H and O–H groups in total. The van der Waals surface area contributed by atoms with Crippen LogP contribution in [0.2, 0.25) is 5.02 Å². The normalized spacial score (nSPS) is 15.1. The minimum Gasteiger partial charge on any atom is -0.691 e. The molecule has 0 bridgehead atoms. The van der Waals surface area contributed by atoms with Gasteiger partial charge in [-0.2, -0.15) is 43.8 Å². The number of halogens is 10. The van der Waals surface area contributed by atoms with Crippen LogP contribution in [0.1, 0.15) is 23.9 Å². The fourth-order valence-electron chi connectivity index (χ4n) is 4.63. The predicted molar refractivity (Wildman–Crippen MR) is 141 cm³/mol. The van der Waals surface area contributed by atoms with E-state index in [4.69, 9.17) is 11.6 Å². The molecule has 0 unspecified atom stereocenters. The molecule has 0 aliphatic carbocycles. The Labute approximate surface area is 252 Å². The quantitative estimate of drug-likeness (QED) is 0.0563. The number of rotatable bonds is 6. The molecule has 236 valence electrons. The Morgan fingerprint density at radius 3 is 2.27 bits per heavy atom. The molecular weight excluding hydrogens is 655 g/mol. The van der Waals surface area contributed by atoms with E-state index >= 15 is 0 Å². The summed E-state index contributed by atoms with van der Waals surface area (Å²) in [5.74, 6) is -0.00517. The monoisotopic (exact) mass is 672 g/mol. The van der Waals surface area contributed by atoms with Crippen LogP contribution in [0.15, 0.2) is 48.3 Å². The van der Waals surface area contributed by atoms with Gasteiger partial charge in [-0.25, -0.2) is 4.57 Å². The van der Waals surface area contributed by atoms with E-state index in [-0.39, 0.29) is 52.6 Å². The van der Waals surface area contributed by atoms with E-state index in [1.165, 1.54) is 40.8 Å². The minimum absolute atomic E-state index is 0.0113. The van der Waals surface area contributed by atoms with Crippen molar-refractivity contribution in [1.29, 1.82) is 0 Å². The molecule has 0 fully saturated rings. The Bertz CT molecular complexity index is 1690. The maximum atomic E-state index is 13.6. The van der Waals surface area contributed by atoms with Gasteiger partial charge in [0.1, 0.15) is 30.5 Å². The van der Waals surface area contributed by atoms with Crippen molar-refractivity contribution in [3.05, 3.63) is 70.3 Å². The maximum absolute atomic E-state index is 13.6. The molecule has 0 saturated carbocycles. The van der Waals surface area contributed by atoms with Gasteiger partial charge >= 0.3 is 18.5 Å². The van der Waals surface area contributed by atoms with E-state index in [1.54, 1.807) is 6.92 Å². The molecule has 0 spiro atoms. The predicted octanol–water partition coefficient (Wildman–Crippen LogP) is 6.56. The SMILES string of the molecule is CCN1/C(=C\C=C\c2n(C#CSOO[O-])c3cc(C(F)(F)F)ccc3[n+]2C)N(CC(F)(F)F)c2cc(C(F)(F)F)c(Cl)cc21. The third kappa shape index (κ3) is 6.89. The van der Waals surface area contributed by atoms with Crippen molar-refractivity contribution in [2.24, 2.45) is 7.05 Å². The fourth-order valence-corrected chi connectivity index (χ4v) is 5.09. The van der Waals surface area contributed by atoms with E-state index in [9.17, 15) is 44.8 Å². The zero-order valence-electron chi connectivity index (χ0n) is 22.2. The Morgan fingerprint density at radius 2 is 1.68 bits per heavy atom. The average molecular weight is 673 g/mol. The topological polar surface area (TPSA) is 56.8 Å². The lowest BCUT2D eigenvalue weighted by Crippen LogP contribution is -2.35. The maximum Gasteiger partial charge on any atom is 0.417 e. The summed E-state index contributed by atoms with van der Waals surface area (Å²) in [6.07, 6.45) is -10.7. The summed E-state index contributed by atoms with van der Waals surface area (Å²) in [6, 6.07) is 6.86. The lowest BCUT2D eigenvalue weighted by molar-refractivity contribution is -0.776. The highest BCUT2D eigenvalue weighted by atomic mass is 35.5. The summed E-state index contributed by atoms with van der Waals surface area (Å²) >= 11 is 6.10. The first-order valence-electron chi connectivity index (χ1n) is 12.1. The van der Waals surface area contributed by atoms with Crippen molar-refractivity contribution < 1.29 is 58.7 Å². The largest absolute Gasteiger partial charge is 0.691 e. The number of aryl methyl sites for hydroxylation is 1. The second-order valence-electron chi connectivity index (χ2n) is 9.04. The molecule has 3 aromatic rings. The number of nitrogens with zero attached hydrogens (tertiary/aromatic N) is 4. The summed E-state index contributed by atoms with van der Waals surface area (Å²) in [7, 11) is 1.49. The standard InChI is InChI=1S/C26H18ClF9N4O3S/c1-3-38-21-13-17(27)16(26(34,35)36)12-20(21)40(14-24(28,29)30)23(38)6-4-5-22-37(2)18-8-7-15(25(31,32)33)11-19(18)39(22)9-10-44-43-42-41/h4-8,11-13H,3,14H2,1-2H3. The average Bonchev–Trinajstić information content (AvgIpc) is 3.33. The molecular formula is C26H18ClF9N4O3S. The van der Waals surface area contributed by atoms with Crippen molar-refractivity contribution in [2.75, 3.05) is 22.9 Å². The molecule has 2 heterocycles. The first-order chi connectivity index (χ1) is 20.5. The van der Waals surface area contributed by atoms with Crippen molar-refractivity contribution in [3.63, 3.8) is 0 Å². The number of allylic oxidation sites excluding steroid dienone is 2. The van der Waals surface area contributed by atoms with E-state index in [2.05, 4.69) is 20.7 Å². The van der Waals surface area contributed by atoms with E-state index in [0.29, 0.717) is 11.0 Å². The highest BCUT2D eigenvalue weighted by molar-refractivity contribution is 7.99. The van der Waals surface area contributed by atoms with Crippen LogP contribution in [0.25, 0.3) is 17.1 Å². The number of benzene rings is 2. The molecule has 0 amide bonds. The minimum atomic E-state index is -4.93. The van der Waals surface area contributed by atoms with Gasteiger partial charge in [-0.05, 0) is 37.3 Å². The van der Waals surface area contributed by atoms with E-state index < -0.39 is 41.2 Å². The number of anilines is 2. The molecule has 0 radical (unpaired) electrons. The van der Waals surface area contributed by atoms with Gasteiger partial charge in [-0.15, -0.1) is 4.57 Å². The smallest absolute Gasteiger partial charge is 0.417 e. The third-order valence-corrected chi connectivity index (χ3v) is 7.00. The molecule has 7 nitrogen and oxygen atoms in total. The van der Waals surface area contributed by atoms with Gasteiger partial charge in [-0.1, -0.05) is 17.7 Å². The third-order valence-electron chi connectivity index (χ3n) is 6.39. The van der Waals surface area contributed by atoms with Crippen LogP contribution in [0.5, 0.6) is 0 Å². The number of hydrogen-bond acceptors (Lipinski definition) is 6. The summed E-state index contributed by atoms with van der Waals surface area (Å²) in [4.78, 5) is 2.00. The van der Waals surface area contributed by atoms with Crippen LogP contribution in [0, 0.1) is 11.3 Å². The number of alkyl halides is 9. The second-order valence-corrected chi connectivity index (χ2v) is 9.95. The molecule has 18 heteroatoms. The van der Waals surface area contributed by atoms with Gasteiger partial charge in [0, 0.05) is 23.9 Å². The summed E-state index contributed by atoms with van der Waals surface area (Å²) in [5.41, 5.74) is -2.39. The molecule has 0 atom stereocenters. The fraction of sp³-hybridized carbons (Fsp3) is 0.269. The second kappa shape index (κ2) is 12.4. The van der Waals surface area contributed by atoms with Crippen molar-refractivity contribution in [1.82, 2.24) is 4.57 Å². The van der Waals surface area contributed by atoms with Gasteiger partial charge in [-0.3, -0.25) is 5.04 Å². The van der Waals surface area contributed by atoms with Gasteiger partial charge < -0.3 is 15.1 Å². The van der Waals surface area contributed by atoms with Crippen LogP contribution in [-0.2, 0) is 28.8 Å². The van der Waals surface area contributed by atoms with Gasteiger partial charge in [0.15, 0.2) is 11.0 Å². The summed E-state index contributed by atoms with van der Waals surface area (Å²) in [5, 5.41) is 14.9. The number of fused-ring (bicyclic) bond motifs is 2. The van der Waals surface area contributed by atoms with Gasteiger partial charge in [0.25, 0.3) is 5.82 Å². The molecule has 2 aromatic carbocycles. The van der Waals surface area contributed by atoms with E-state index in [0.717, 1.165) is 22.8 Å². The molecule has 4 rings (SSSR count). The van der Waals surface area contributed by atoms with Crippen LogP contribution < -0.4 is 19.6 Å². The summed E-state index contributed by atoms with van der Waals surface area (Å²) < 4.78 is 128. The number of aromatic nitrogens is 2. The van der Waals surface area contributed by atoms with Gasteiger partial charge in [0.05, 0.1) is 34.6 Å². The lowest BCUT2D eigenvalue weighted by Gasteiger charge is -2.25. The Balaban J connectivity index is 1.86. The highest BCUT2D eigenvalue weighted by Gasteiger charge is 2.42. The Hall–Kier alpha value is -3.56. The number of hydrogen-bond donors (Lipinski definition) is 0. The van der Waals surface area contributed by atoms with Crippen molar-refractivity contribution in [2.45, 2.75) is 25.5 Å². The molecule has 44 heavy (non-hydrogen) atoms. The lowest BCUT2D eigenvalue weighted by atomic mass is 10.1.